The van der Waals surface area contributed by atoms with Crippen LogP contribution < -0.4 is 5.30 Å². The second kappa shape index (κ2) is 3.55. The summed E-state index contributed by atoms with van der Waals surface area (Å²) in [6.45, 7) is 5.27. The molecule has 0 bridgehead atoms. The second-order valence-electron chi connectivity index (χ2n) is 4.63. The minimum absolute atomic E-state index is 0.618. The van der Waals surface area contributed by atoms with E-state index in [4.69, 9.17) is 13.6 Å². The molecule has 0 aromatic heterocycles. The predicted molar refractivity (Wildman–Crippen MR) is 69.3 cm³/mol. The summed E-state index contributed by atoms with van der Waals surface area (Å²) >= 11 is 0. The molecule has 92 valence electrons. The molecule has 2 aliphatic heterocycles. The Balaban J connectivity index is 2.10. The van der Waals surface area contributed by atoms with Crippen LogP contribution in [0.15, 0.2) is 36.1 Å². The van der Waals surface area contributed by atoms with Gasteiger partial charge in [0.25, 0.3) is 0 Å². The molecule has 2 heterocycles. The molecule has 1 fully saturated rings. The number of benzene rings is 1. The topological polar surface area (TPSA) is 27.7 Å². The Morgan fingerprint density at radius 3 is 2.18 bits per heavy atom. The third-order valence-corrected chi connectivity index (χ3v) is 7.52. The van der Waals surface area contributed by atoms with Crippen LogP contribution in [0.5, 0.6) is 0 Å². The molecule has 0 unspecified atom stereocenters. The Morgan fingerprint density at radius 1 is 1.00 bits per heavy atom. The Hall–Kier alpha value is -0.890. The van der Waals surface area contributed by atoms with Crippen molar-refractivity contribution in [3.8, 4) is 0 Å². The molecular weight excluding hydrogens is 235 g/mol. The Labute approximate surface area is 102 Å². The summed E-state index contributed by atoms with van der Waals surface area (Å²) in [5.74, 6) is 0.908. The monoisotopic (exact) mass is 252 g/mol. The fourth-order valence-corrected chi connectivity index (χ4v) is 6.35. The van der Waals surface area contributed by atoms with Crippen LogP contribution in [0.2, 0.25) is 0 Å². The molecule has 3 rings (SSSR count). The van der Waals surface area contributed by atoms with E-state index < -0.39 is 7.28 Å². The average Bonchev–Trinajstić information content (AvgIpc) is 2.88. The molecule has 1 aromatic rings. The molecule has 0 aliphatic carbocycles. The van der Waals surface area contributed by atoms with Crippen molar-refractivity contribution in [2.45, 2.75) is 13.8 Å². The van der Waals surface area contributed by atoms with Gasteiger partial charge in [-0.1, -0.05) is 0 Å². The molecule has 0 atom stereocenters. The van der Waals surface area contributed by atoms with E-state index in [2.05, 4.69) is 37.3 Å². The van der Waals surface area contributed by atoms with Gasteiger partial charge in [-0.05, 0) is 0 Å². The summed E-state index contributed by atoms with van der Waals surface area (Å²) in [5, 5.41) is 1.06. The van der Waals surface area contributed by atoms with Crippen LogP contribution in [0.25, 0.3) is 0 Å². The molecule has 17 heavy (non-hydrogen) atoms. The fraction of sp³-hybridized carbons (Fsp3) is 0.385. The van der Waals surface area contributed by atoms with E-state index in [0.717, 1.165) is 17.2 Å². The molecule has 0 amide bonds. The number of aryl methyl sites for hydroxylation is 1. The Morgan fingerprint density at radius 2 is 1.65 bits per heavy atom. The third kappa shape index (κ3) is 1.54. The molecule has 4 heteroatoms. The summed E-state index contributed by atoms with van der Waals surface area (Å²) in [6.07, 6.45) is 2.81. The molecular formula is C13H17O3P. The molecule has 1 aromatic carbocycles. The van der Waals surface area contributed by atoms with Crippen molar-refractivity contribution in [3.63, 3.8) is 0 Å². The van der Waals surface area contributed by atoms with Crippen molar-refractivity contribution in [2.75, 3.05) is 19.4 Å². The van der Waals surface area contributed by atoms with Crippen LogP contribution in [0, 0.1) is 6.92 Å². The third-order valence-electron chi connectivity index (χ3n) is 3.34. The maximum absolute atomic E-state index is 6.07. The van der Waals surface area contributed by atoms with Crippen LogP contribution in [0.3, 0.4) is 0 Å². The van der Waals surface area contributed by atoms with Gasteiger partial charge in [-0.25, -0.2) is 0 Å². The molecule has 0 saturated carbocycles. The van der Waals surface area contributed by atoms with Gasteiger partial charge in [-0.2, -0.15) is 0 Å². The van der Waals surface area contributed by atoms with Gasteiger partial charge in [-0.3, -0.25) is 0 Å². The first kappa shape index (κ1) is 11.2. The number of allylic oxidation sites excluding steroid dienone is 2. The molecule has 0 radical (unpaired) electrons. The Bertz CT molecular complexity index is 472. The van der Waals surface area contributed by atoms with E-state index in [-0.39, 0.29) is 0 Å². The van der Waals surface area contributed by atoms with E-state index in [1.54, 1.807) is 0 Å². The van der Waals surface area contributed by atoms with Crippen LogP contribution >= 0.6 is 7.28 Å². The predicted octanol–water partition coefficient (Wildman–Crippen LogP) is 2.90. The number of hydrogen-bond acceptors (Lipinski definition) is 3. The summed E-state index contributed by atoms with van der Waals surface area (Å²) in [6, 6.07) is 8.31. The van der Waals surface area contributed by atoms with E-state index in [1.165, 1.54) is 5.56 Å². The first-order valence-electron chi connectivity index (χ1n) is 5.89. The summed E-state index contributed by atoms with van der Waals surface area (Å²) < 4.78 is 18.1. The van der Waals surface area contributed by atoms with E-state index in [9.17, 15) is 0 Å². The van der Waals surface area contributed by atoms with Crippen molar-refractivity contribution in [1.29, 1.82) is 0 Å². The van der Waals surface area contributed by atoms with Gasteiger partial charge in [0.2, 0.25) is 0 Å². The number of hydrogen-bond donors (Lipinski definition) is 0. The quantitative estimate of drug-likeness (QED) is 0.719. The molecule has 1 saturated heterocycles. The van der Waals surface area contributed by atoms with Gasteiger partial charge in [0.05, 0.1) is 0 Å². The van der Waals surface area contributed by atoms with Gasteiger partial charge < -0.3 is 0 Å². The van der Waals surface area contributed by atoms with Crippen molar-refractivity contribution < 1.29 is 13.6 Å². The molecule has 1 spiro atoms. The maximum atomic E-state index is 6.07. The van der Waals surface area contributed by atoms with Gasteiger partial charge in [0.1, 0.15) is 0 Å². The summed E-state index contributed by atoms with van der Waals surface area (Å²) in [7, 11) is -3.05. The normalized spacial score (nSPS) is 27.2. The van der Waals surface area contributed by atoms with Gasteiger partial charge in [-0.15, -0.1) is 0 Å². The molecule has 2 aliphatic rings. The van der Waals surface area contributed by atoms with Crippen LogP contribution in [-0.4, -0.2) is 19.4 Å². The standard InChI is InChI=1S/C13H17O3P/c1-11-3-5-13(6-4-11)17(14-8-9-15-17)10-7-12(2)16-17/h3-7H,8-10H2,1-2H3. The van der Waals surface area contributed by atoms with E-state index in [1.807, 2.05) is 6.92 Å². The summed E-state index contributed by atoms with van der Waals surface area (Å²) in [4.78, 5) is 0. The van der Waals surface area contributed by atoms with E-state index in [0.29, 0.717) is 13.2 Å². The SMILES string of the molecule is CC1=CCP2(c3ccc(C)cc3)(OCCO2)O1. The van der Waals surface area contributed by atoms with Crippen molar-refractivity contribution in [2.24, 2.45) is 0 Å². The van der Waals surface area contributed by atoms with E-state index >= 15 is 0 Å². The summed E-state index contributed by atoms with van der Waals surface area (Å²) in [5.41, 5.74) is 1.23. The van der Waals surface area contributed by atoms with Crippen molar-refractivity contribution in [1.82, 2.24) is 0 Å². The molecule has 3 nitrogen and oxygen atoms in total. The van der Waals surface area contributed by atoms with Crippen molar-refractivity contribution in [3.05, 3.63) is 41.7 Å². The first-order chi connectivity index (χ1) is 8.13. The first-order valence-corrected chi connectivity index (χ1v) is 8.06. The molecule has 0 N–H and O–H groups in total. The zero-order valence-electron chi connectivity index (χ0n) is 10.2. The zero-order valence-corrected chi connectivity index (χ0v) is 11.1. The second-order valence-corrected chi connectivity index (χ2v) is 8.30. The Kier molecular flexibility index (Phi) is 2.34. The van der Waals surface area contributed by atoms with Crippen LogP contribution in [0.4, 0.5) is 0 Å². The minimum atomic E-state index is -3.05. The van der Waals surface area contributed by atoms with Crippen molar-refractivity contribution >= 4 is 12.6 Å². The van der Waals surface area contributed by atoms with Gasteiger partial charge in [0.15, 0.2) is 0 Å². The zero-order chi connectivity index (χ0) is 12.0. The number of rotatable bonds is 1. The average molecular weight is 252 g/mol. The van der Waals surface area contributed by atoms with Gasteiger partial charge in [0, 0.05) is 0 Å². The fourth-order valence-electron chi connectivity index (χ4n) is 2.43. The van der Waals surface area contributed by atoms with Crippen LogP contribution in [0.1, 0.15) is 12.5 Å². The van der Waals surface area contributed by atoms with Crippen LogP contribution in [-0.2, 0) is 13.6 Å². The van der Waals surface area contributed by atoms with Gasteiger partial charge >= 0.3 is 101 Å².